The smallest absolute Gasteiger partial charge is 0.320 e. The van der Waals surface area contributed by atoms with Crippen molar-refractivity contribution in [3.63, 3.8) is 0 Å². The van der Waals surface area contributed by atoms with Gasteiger partial charge in [-0.15, -0.1) is 0 Å². The average Bonchev–Trinajstić information content (AvgIpc) is 2.84. The number of ether oxygens (including phenoxy) is 2. The molecule has 2 aromatic carbocycles. The lowest BCUT2D eigenvalue weighted by Crippen LogP contribution is -2.35. The predicted octanol–water partition coefficient (Wildman–Crippen LogP) is 2.53. The minimum Gasteiger partial charge on any atom is -0.465 e. The number of hydrogen-bond donors (Lipinski definition) is 1. The van der Waals surface area contributed by atoms with E-state index in [1.807, 2.05) is 53.7 Å². The molecule has 1 fully saturated rings. The fourth-order valence-corrected chi connectivity index (χ4v) is 3.95. The number of benzene rings is 2. The van der Waals surface area contributed by atoms with Crippen LogP contribution in [0.25, 0.3) is 0 Å². The lowest BCUT2D eigenvalue weighted by atomic mass is 9.97. The van der Waals surface area contributed by atoms with Gasteiger partial charge in [0.2, 0.25) is 0 Å². The van der Waals surface area contributed by atoms with Gasteiger partial charge in [0.15, 0.2) is 0 Å². The van der Waals surface area contributed by atoms with Gasteiger partial charge < -0.3 is 14.8 Å². The van der Waals surface area contributed by atoms with Crippen LogP contribution in [-0.4, -0.2) is 74.0 Å². The molecule has 1 amide bonds. The first-order valence-electron chi connectivity index (χ1n) is 11.4. The number of hydrazone groups is 1. The molecule has 0 aromatic heterocycles. The first-order valence-corrected chi connectivity index (χ1v) is 11.4. The number of hydrogen-bond acceptors (Lipinski definition) is 7. The molecule has 0 radical (unpaired) electrons. The summed E-state index contributed by atoms with van der Waals surface area (Å²) in [5.74, 6) is -0.372. The van der Waals surface area contributed by atoms with Gasteiger partial charge in [0.1, 0.15) is 0 Å². The third kappa shape index (κ3) is 6.40. The Morgan fingerprint density at radius 3 is 2.64 bits per heavy atom. The monoisotopic (exact) mass is 450 g/mol. The minimum atomic E-state index is -0.215. The summed E-state index contributed by atoms with van der Waals surface area (Å²) in [5, 5.41) is 9.42. The van der Waals surface area contributed by atoms with Crippen LogP contribution < -0.4 is 5.32 Å². The molecule has 0 saturated carbocycles. The summed E-state index contributed by atoms with van der Waals surface area (Å²) >= 11 is 0. The maximum absolute atomic E-state index is 12.8. The topological polar surface area (TPSA) is 83.5 Å². The maximum Gasteiger partial charge on any atom is 0.320 e. The quantitative estimate of drug-likeness (QED) is 0.516. The second kappa shape index (κ2) is 11.1. The summed E-state index contributed by atoms with van der Waals surface area (Å²) in [6.45, 7) is 6.90. The Hall–Kier alpha value is -3.23. The summed E-state index contributed by atoms with van der Waals surface area (Å²) < 4.78 is 10.4. The highest BCUT2D eigenvalue weighted by Gasteiger charge is 2.20. The van der Waals surface area contributed by atoms with Crippen LogP contribution in [0, 0.1) is 0 Å². The number of nitrogens with one attached hydrogen (secondary N) is 1. The van der Waals surface area contributed by atoms with E-state index >= 15 is 0 Å². The van der Waals surface area contributed by atoms with Gasteiger partial charge in [-0.05, 0) is 54.3 Å². The average molecular weight is 451 g/mol. The Labute approximate surface area is 194 Å². The third-order valence-electron chi connectivity index (χ3n) is 5.74. The number of nitrogens with zero attached hydrogens (tertiary/aromatic N) is 3. The molecule has 2 aliphatic rings. The van der Waals surface area contributed by atoms with Gasteiger partial charge >= 0.3 is 5.97 Å². The Kier molecular flexibility index (Phi) is 7.70. The first kappa shape index (κ1) is 22.9. The number of morpholine rings is 1. The molecule has 174 valence electrons. The summed E-state index contributed by atoms with van der Waals surface area (Å²) in [4.78, 5) is 26.7. The number of carbonyl (C=O) groups is 2. The molecule has 2 aromatic rings. The largest absolute Gasteiger partial charge is 0.465 e. The summed E-state index contributed by atoms with van der Waals surface area (Å²) in [6, 6.07) is 13.4. The van der Waals surface area contributed by atoms with Gasteiger partial charge in [0.05, 0.1) is 45.7 Å². The number of rotatable bonds is 7. The zero-order valence-electron chi connectivity index (χ0n) is 19.0. The van der Waals surface area contributed by atoms with Crippen LogP contribution in [0.5, 0.6) is 0 Å². The summed E-state index contributed by atoms with van der Waals surface area (Å²) in [5.41, 5.74) is 4.59. The van der Waals surface area contributed by atoms with Gasteiger partial charge in [-0.2, -0.15) is 5.10 Å². The lowest BCUT2D eigenvalue weighted by Gasteiger charge is -2.28. The van der Waals surface area contributed by atoms with E-state index in [1.165, 1.54) is 5.56 Å². The van der Waals surface area contributed by atoms with Crippen molar-refractivity contribution >= 4 is 23.8 Å². The molecule has 1 saturated heterocycles. The molecule has 0 unspecified atom stereocenters. The third-order valence-corrected chi connectivity index (χ3v) is 5.74. The van der Waals surface area contributed by atoms with E-state index in [-0.39, 0.29) is 18.4 Å². The Morgan fingerprint density at radius 1 is 1.09 bits per heavy atom. The van der Waals surface area contributed by atoms with Crippen molar-refractivity contribution in [3.05, 3.63) is 64.7 Å². The van der Waals surface area contributed by atoms with Crippen LogP contribution in [0.15, 0.2) is 47.6 Å². The molecule has 1 N–H and O–H groups in total. The van der Waals surface area contributed by atoms with Crippen LogP contribution >= 0.6 is 0 Å². The molecule has 0 bridgehead atoms. The van der Waals surface area contributed by atoms with Gasteiger partial charge in [-0.1, -0.05) is 18.2 Å². The van der Waals surface area contributed by atoms with Gasteiger partial charge in [-0.3, -0.25) is 19.5 Å². The molecule has 0 spiro atoms. The SMILES string of the molecule is CCOC(=O)CN1CCc2ccc(C(=O)Nc3ccc(/C=N/N4CCOCC4)cc3)cc2C1. The van der Waals surface area contributed by atoms with Crippen LogP contribution in [0.2, 0.25) is 0 Å². The highest BCUT2D eigenvalue weighted by molar-refractivity contribution is 6.04. The van der Waals surface area contributed by atoms with Crippen molar-refractivity contribution in [3.8, 4) is 0 Å². The van der Waals surface area contributed by atoms with E-state index in [1.54, 1.807) is 6.92 Å². The van der Waals surface area contributed by atoms with E-state index in [0.717, 1.165) is 42.9 Å². The van der Waals surface area contributed by atoms with Crippen LogP contribution in [-0.2, 0) is 27.2 Å². The van der Waals surface area contributed by atoms with Crippen LogP contribution in [0.4, 0.5) is 5.69 Å². The molecular weight excluding hydrogens is 420 g/mol. The molecule has 8 heteroatoms. The van der Waals surface area contributed by atoms with Crippen molar-refractivity contribution in [2.24, 2.45) is 5.10 Å². The molecule has 2 aliphatic heterocycles. The molecule has 2 heterocycles. The highest BCUT2D eigenvalue weighted by Crippen LogP contribution is 2.21. The van der Waals surface area contributed by atoms with Crippen molar-refractivity contribution in [2.45, 2.75) is 19.9 Å². The van der Waals surface area contributed by atoms with Crippen molar-refractivity contribution in [1.82, 2.24) is 9.91 Å². The standard InChI is InChI=1S/C25H30N4O4/c1-2-33-24(30)18-28-10-9-20-5-6-21(15-22(20)17-28)25(31)27-23-7-3-19(4-8-23)16-26-29-11-13-32-14-12-29/h3-8,15-16H,2,9-14,17-18H2,1H3,(H,27,31)/b26-16+. The summed E-state index contributed by atoms with van der Waals surface area (Å²) in [6.07, 6.45) is 2.67. The number of fused-ring (bicyclic) bond motifs is 1. The van der Waals surface area contributed by atoms with Crippen molar-refractivity contribution in [1.29, 1.82) is 0 Å². The fraction of sp³-hybridized carbons (Fsp3) is 0.400. The Bertz CT molecular complexity index is 1000. The zero-order chi connectivity index (χ0) is 23.0. The fourth-order valence-electron chi connectivity index (χ4n) is 3.95. The first-order chi connectivity index (χ1) is 16.1. The number of anilines is 1. The molecule has 8 nitrogen and oxygen atoms in total. The normalized spacial score (nSPS) is 16.5. The second-order valence-electron chi connectivity index (χ2n) is 8.14. The Balaban J connectivity index is 1.35. The lowest BCUT2D eigenvalue weighted by molar-refractivity contribution is -0.144. The van der Waals surface area contributed by atoms with E-state index in [4.69, 9.17) is 9.47 Å². The molecular formula is C25H30N4O4. The van der Waals surface area contributed by atoms with Gasteiger partial charge in [0, 0.05) is 24.3 Å². The van der Waals surface area contributed by atoms with Crippen LogP contribution in [0.3, 0.4) is 0 Å². The molecule has 4 rings (SSSR count). The minimum absolute atomic E-state index is 0.157. The zero-order valence-corrected chi connectivity index (χ0v) is 19.0. The maximum atomic E-state index is 12.8. The number of carbonyl (C=O) groups excluding carboxylic acids is 2. The highest BCUT2D eigenvalue weighted by atomic mass is 16.5. The predicted molar refractivity (Wildman–Crippen MR) is 126 cm³/mol. The van der Waals surface area contributed by atoms with E-state index in [2.05, 4.69) is 15.3 Å². The second-order valence-corrected chi connectivity index (χ2v) is 8.14. The van der Waals surface area contributed by atoms with E-state index in [9.17, 15) is 9.59 Å². The number of amides is 1. The molecule has 33 heavy (non-hydrogen) atoms. The molecule has 0 atom stereocenters. The van der Waals surface area contributed by atoms with Crippen molar-refractivity contribution < 1.29 is 19.1 Å². The number of esters is 1. The summed E-state index contributed by atoms with van der Waals surface area (Å²) in [7, 11) is 0. The van der Waals surface area contributed by atoms with Crippen molar-refractivity contribution in [2.75, 3.05) is 51.3 Å². The van der Waals surface area contributed by atoms with Gasteiger partial charge in [-0.25, -0.2) is 0 Å². The van der Waals surface area contributed by atoms with E-state index < -0.39 is 0 Å². The van der Waals surface area contributed by atoms with Gasteiger partial charge in [0.25, 0.3) is 5.91 Å². The van der Waals surface area contributed by atoms with E-state index in [0.29, 0.717) is 31.9 Å². The van der Waals surface area contributed by atoms with Crippen LogP contribution in [0.1, 0.15) is 34.0 Å². The molecule has 0 aliphatic carbocycles. The Morgan fingerprint density at radius 2 is 1.88 bits per heavy atom.